The maximum atomic E-state index is 11.8. The average molecular weight is 393 g/mol. The van der Waals surface area contributed by atoms with Crippen LogP contribution in [0.1, 0.15) is 0 Å². The highest BCUT2D eigenvalue weighted by Crippen LogP contribution is 2.47. The van der Waals surface area contributed by atoms with Crippen molar-refractivity contribution in [1.29, 1.82) is 0 Å². The van der Waals surface area contributed by atoms with Gasteiger partial charge in [0.1, 0.15) is 22.1 Å². The van der Waals surface area contributed by atoms with Crippen LogP contribution in [0.25, 0.3) is 20.8 Å². The molecule has 4 aromatic rings. The Hall–Kier alpha value is -3.85. The Morgan fingerprint density at radius 2 is 1.57 bits per heavy atom. The molecule has 138 valence electrons. The van der Waals surface area contributed by atoms with Crippen LogP contribution in [0.15, 0.2) is 66.7 Å². The fourth-order valence-electron chi connectivity index (χ4n) is 2.78. The van der Waals surface area contributed by atoms with Crippen molar-refractivity contribution in [2.45, 2.75) is 0 Å². The molecule has 8 nitrogen and oxygen atoms in total. The molecule has 0 amide bonds. The van der Waals surface area contributed by atoms with Gasteiger partial charge in [0.2, 0.25) is 0 Å². The monoisotopic (exact) mass is 393 g/mol. The van der Waals surface area contributed by atoms with Gasteiger partial charge in [-0.2, -0.15) is 0 Å². The Labute approximate surface area is 162 Å². The summed E-state index contributed by atoms with van der Waals surface area (Å²) < 4.78 is 6.63. The maximum absolute atomic E-state index is 11.8. The number of para-hydroxylation sites is 2. The molecule has 0 N–H and O–H groups in total. The molecule has 0 aliphatic carbocycles. The summed E-state index contributed by atoms with van der Waals surface area (Å²) in [6.45, 7) is 0. The number of aromatic nitrogens is 1. The van der Waals surface area contributed by atoms with Crippen LogP contribution in [0, 0.1) is 20.2 Å². The molecule has 0 saturated heterocycles. The van der Waals surface area contributed by atoms with Gasteiger partial charge in [0.25, 0.3) is 0 Å². The number of nitro groups is 2. The standard InChI is InChI=1S/C19H11N3O5S/c23-21(24)14-10-11-15(27-12-6-2-1-3-7-12)17(18(14)22(25)26)19-20-13-8-4-5-9-16(13)28-19/h1-11H. The molecule has 0 unspecified atom stereocenters. The van der Waals surface area contributed by atoms with Gasteiger partial charge in [-0.1, -0.05) is 30.3 Å². The van der Waals surface area contributed by atoms with E-state index in [0.29, 0.717) is 11.3 Å². The number of rotatable bonds is 5. The van der Waals surface area contributed by atoms with E-state index in [1.54, 1.807) is 42.5 Å². The highest BCUT2D eigenvalue weighted by molar-refractivity contribution is 7.21. The van der Waals surface area contributed by atoms with Gasteiger partial charge in [-0.3, -0.25) is 20.2 Å². The van der Waals surface area contributed by atoms with E-state index in [1.807, 2.05) is 12.1 Å². The summed E-state index contributed by atoms with van der Waals surface area (Å²) >= 11 is 1.21. The van der Waals surface area contributed by atoms with Crippen LogP contribution in [-0.4, -0.2) is 14.8 Å². The topological polar surface area (TPSA) is 108 Å². The molecule has 0 spiro atoms. The second-order valence-electron chi connectivity index (χ2n) is 5.72. The van der Waals surface area contributed by atoms with Gasteiger partial charge in [-0.15, -0.1) is 11.3 Å². The van der Waals surface area contributed by atoms with E-state index in [-0.39, 0.29) is 16.3 Å². The summed E-state index contributed by atoms with van der Waals surface area (Å²) in [5.41, 5.74) is -0.615. The number of hydrogen-bond acceptors (Lipinski definition) is 7. The van der Waals surface area contributed by atoms with Crippen LogP contribution in [0.2, 0.25) is 0 Å². The minimum absolute atomic E-state index is 0.00995. The SMILES string of the molecule is O=[N+]([O-])c1ccc(Oc2ccccc2)c(-c2nc3ccccc3s2)c1[N+](=O)[O-]. The minimum Gasteiger partial charge on any atom is -0.456 e. The molecule has 0 atom stereocenters. The van der Waals surface area contributed by atoms with Crippen LogP contribution < -0.4 is 4.74 Å². The molecule has 9 heteroatoms. The molecule has 3 aromatic carbocycles. The average Bonchev–Trinajstić information content (AvgIpc) is 3.12. The predicted molar refractivity (Wildman–Crippen MR) is 105 cm³/mol. The van der Waals surface area contributed by atoms with Crippen molar-refractivity contribution >= 4 is 32.9 Å². The zero-order valence-corrected chi connectivity index (χ0v) is 15.0. The molecule has 4 rings (SSSR count). The van der Waals surface area contributed by atoms with Gasteiger partial charge in [0.15, 0.2) is 0 Å². The van der Waals surface area contributed by atoms with E-state index in [1.165, 1.54) is 17.4 Å². The van der Waals surface area contributed by atoms with Crippen molar-refractivity contribution in [3.05, 3.63) is 87.0 Å². The summed E-state index contributed by atoms with van der Waals surface area (Å²) in [6.07, 6.45) is 0. The van der Waals surface area contributed by atoms with Gasteiger partial charge < -0.3 is 4.74 Å². The van der Waals surface area contributed by atoms with E-state index in [2.05, 4.69) is 4.98 Å². The Bertz CT molecular complexity index is 1170. The van der Waals surface area contributed by atoms with Gasteiger partial charge in [-0.05, 0) is 30.3 Å². The molecule has 28 heavy (non-hydrogen) atoms. The zero-order valence-electron chi connectivity index (χ0n) is 14.1. The Balaban J connectivity index is 1.99. The molecular weight excluding hydrogens is 382 g/mol. The highest BCUT2D eigenvalue weighted by atomic mass is 32.1. The Morgan fingerprint density at radius 1 is 0.857 bits per heavy atom. The van der Waals surface area contributed by atoms with Crippen molar-refractivity contribution in [2.24, 2.45) is 0 Å². The lowest BCUT2D eigenvalue weighted by molar-refractivity contribution is -0.422. The van der Waals surface area contributed by atoms with E-state index in [4.69, 9.17) is 4.74 Å². The fraction of sp³-hybridized carbons (Fsp3) is 0. The van der Waals surface area contributed by atoms with Crippen LogP contribution >= 0.6 is 11.3 Å². The first-order valence-corrected chi connectivity index (χ1v) is 8.91. The van der Waals surface area contributed by atoms with Crippen LogP contribution in [-0.2, 0) is 0 Å². The molecule has 0 aliphatic rings. The Morgan fingerprint density at radius 3 is 2.25 bits per heavy atom. The summed E-state index contributed by atoms with van der Waals surface area (Å²) in [4.78, 5) is 26.1. The predicted octanol–water partition coefficient (Wildman–Crippen LogP) is 5.57. The number of hydrogen-bond donors (Lipinski definition) is 0. The molecule has 0 saturated carbocycles. The lowest BCUT2D eigenvalue weighted by atomic mass is 10.1. The van der Waals surface area contributed by atoms with Gasteiger partial charge >= 0.3 is 11.4 Å². The van der Waals surface area contributed by atoms with Gasteiger partial charge in [0, 0.05) is 6.07 Å². The summed E-state index contributed by atoms with van der Waals surface area (Å²) in [5.74, 6) is 0.579. The largest absolute Gasteiger partial charge is 0.456 e. The van der Waals surface area contributed by atoms with Crippen molar-refractivity contribution in [3.8, 4) is 22.1 Å². The van der Waals surface area contributed by atoms with Crippen molar-refractivity contribution in [3.63, 3.8) is 0 Å². The van der Waals surface area contributed by atoms with Crippen LogP contribution in [0.5, 0.6) is 11.5 Å². The third kappa shape index (κ3) is 3.14. The smallest absolute Gasteiger partial charge is 0.359 e. The minimum atomic E-state index is -0.777. The molecule has 1 heterocycles. The fourth-order valence-corrected chi connectivity index (χ4v) is 3.80. The second kappa shape index (κ2) is 7.05. The number of benzene rings is 3. The lowest BCUT2D eigenvalue weighted by Crippen LogP contribution is -2.01. The summed E-state index contributed by atoms with van der Waals surface area (Å²) in [7, 11) is 0. The number of ether oxygens (including phenoxy) is 1. The summed E-state index contributed by atoms with van der Waals surface area (Å²) in [6, 6.07) is 18.4. The first kappa shape index (κ1) is 17.6. The van der Waals surface area contributed by atoms with E-state index < -0.39 is 21.2 Å². The zero-order chi connectivity index (χ0) is 19.7. The van der Waals surface area contributed by atoms with Gasteiger partial charge in [-0.25, -0.2) is 4.98 Å². The van der Waals surface area contributed by atoms with Crippen LogP contribution in [0.4, 0.5) is 11.4 Å². The maximum Gasteiger partial charge on any atom is 0.359 e. The third-order valence-corrected chi connectivity index (χ3v) is 5.03. The highest BCUT2D eigenvalue weighted by Gasteiger charge is 2.34. The van der Waals surface area contributed by atoms with Crippen LogP contribution in [0.3, 0.4) is 0 Å². The summed E-state index contributed by atoms with van der Waals surface area (Å²) in [5, 5.41) is 23.4. The quantitative estimate of drug-likeness (QED) is 0.324. The van der Waals surface area contributed by atoms with E-state index >= 15 is 0 Å². The third-order valence-electron chi connectivity index (χ3n) is 3.98. The Kier molecular flexibility index (Phi) is 4.42. The van der Waals surface area contributed by atoms with Gasteiger partial charge in [0.05, 0.1) is 20.1 Å². The lowest BCUT2D eigenvalue weighted by Gasteiger charge is -2.10. The number of nitro benzene ring substituents is 2. The molecular formula is C19H11N3O5S. The number of thiazole rings is 1. The molecule has 1 aromatic heterocycles. The first-order chi connectivity index (χ1) is 13.5. The molecule has 0 fully saturated rings. The van der Waals surface area contributed by atoms with Crippen molar-refractivity contribution < 1.29 is 14.6 Å². The first-order valence-electron chi connectivity index (χ1n) is 8.09. The number of nitrogens with zero attached hydrogens (tertiary/aromatic N) is 3. The normalized spacial score (nSPS) is 10.7. The van der Waals surface area contributed by atoms with Crippen molar-refractivity contribution in [2.75, 3.05) is 0 Å². The van der Waals surface area contributed by atoms with E-state index in [9.17, 15) is 20.2 Å². The molecule has 0 radical (unpaired) electrons. The molecule has 0 bridgehead atoms. The second-order valence-corrected chi connectivity index (χ2v) is 6.75. The van der Waals surface area contributed by atoms with E-state index in [0.717, 1.165) is 10.8 Å². The van der Waals surface area contributed by atoms with Crippen molar-refractivity contribution in [1.82, 2.24) is 4.98 Å². The number of fused-ring (bicyclic) bond motifs is 1. The molecule has 0 aliphatic heterocycles.